The maximum absolute atomic E-state index is 13.1. The van der Waals surface area contributed by atoms with Crippen LogP contribution in [0.2, 0.25) is 19.6 Å². The van der Waals surface area contributed by atoms with Crippen molar-refractivity contribution >= 4 is 35.3 Å². The summed E-state index contributed by atoms with van der Waals surface area (Å²) in [7, 11) is -6.36. The van der Waals surface area contributed by atoms with E-state index in [0.29, 0.717) is 11.6 Å². The number of hydrogen-bond acceptors (Lipinski definition) is 8. The Morgan fingerprint density at radius 2 is 1.70 bits per heavy atom. The van der Waals surface area contributed by atoms with E-state index in [0.717, 1.165) is 12.1 Å². The Morgan fingerprint density at radius 1 is 1.15 bits per heavy atom. The fraction of sp³-hybridized carbons (Fsp3) is 0.571. The van der Waals surface area contributed by atoms with E-state index in [4.69, 9.17) is 4.43 Å². The van der Waals surface area contributed by atoms with Gasteiger partial charge in [-0.05, 0) is 45.1 Å². The van der Waals surface area contributed by atoms with Crippen LogP contribution in [0.5, 0.6) is 0 Å². The molecule has 0 bridgehead atoms. The van der Waals surface area contributed by atoms with Gasteiger partial charge < -0.3 is 4.43 Å². The van der Waals surface area contributed by atoms with E-state index in [1.54, 1.807) is 27.7 Å². The molecule has 0 aromatic heterocycles. The number of carbonyl (C=O) groups excluding carboxylic acids is 1. The Balaban J connectivity index is 3.44. The highest BCUT2D eigenvalue weighted by atomic mass is 32.2. The minimum atomic E-state index is -4.26. The molecule has 0 aliphatic heterocycles. The molecule has 184 valence electrons. The largest absolute Gasteiger partial charge is 0.411 e. The minimum Gasteiger partial charge on any atom is -0.411 e. The third kappa shape index (κ3) is 7.83. The second-order valence-corrected chi connectivity index (χ2v) is 16.7. The van der Waals surface area contributed by atoms with Crippen molar-refractivity contribution in [3.63, 3.8) is 0 Å². The summed E-state index contributed by atoms with van der Waals surface area (Å²) in [5.74, 6) is -0.0417. The molecular weight excluding hydrogens is 468 g/mol. The van der Waals surface area contributed by atoms with E-state index >= 15 is 0 Å². The van der Waals surface area contributed by atoms with Gasteiger partial charge in [-0.1, -0.05) is 26.8 Å². The lowest BCUT2D eigenvalue weighted by molar-refractivity contribution is -0.396. The first-order valence-corrected chi connectivity index (χ1v) is 15.3. The minimum absolute atomic E-state index is 0.0417. The van der Waals surface area contributed by atoms with Gasteiger partial charge in [-0.2, -0.15) is 0 Å². The maximum atomic E-state index is 13.1. The number of ketones is 1. The zero-order valence-corrected chi connectivity index (χ0v) is 22.1. The van der Waals surface area contributed by atoms with Gasteiger partial charge in [0.2, 0.25) is 0 Å². The van der Waals surface area contributed by atoms with Gasteiger partial charge in [-0.25, -0.2) is 8.42 Å². The molecule has 0 saturated carbocycles. The van der Waals surface area contributed by atoms with Gasteiger partial charge in [0.25, 0.3) is 11.4 Å². The first kappa shape index (κ1) is 28.6. The number of hydrogen-bond donors (Lipinski definition) is 0. The summed E-state index contributed by atoms with van der Waals surface area (Å²) in [6.45, 7) is 14.3. The highest BCUT2D eigenvalue weighted by Crippen LogP contribution is 2.32. The zero-order valence-electron chi connectivity index (χ0n) is 20.2. The highest BCUT2D eigenvalue weighted by molar-refractivity contribution is 7.92. The van der Waals surface area contributed by atoms with Crippen LogP contribution in [0.25, 0.3) is 0 Å². The number of Topliss-reactive ketones (excluding diaryl/α,β-unsaturated/α-hetero) is 1. The Morgan fingerprint density at radius 3 is 2.12 bits per heavy atom. The molecule has 0 spiro atoms. The summed E-state index contributed by atoms with van der Waals surface area (Å²) < 4.78 is 32.5. The van der Waals surface area contributed by atoms with Crippen LogP contribution in [0, 0.1) is 25.6 Å². The number of nitro benzene ring substituents is 2. The van der Waals surface area contributed by atoms with Gasteiger partial charge in [0, 0.05) is 17.9 Å². The van der Waals surface area contributed by atoms with Gasteiger partial charge in [0.15, 0.2) is 18.2 Å². The highest BCUT2D eigenvalue weighted by Gasteiger charge is 2.34. The lowest BCUT2D eigenvalue weighted by Crippen LogP contribution is -2.36. The molecule has 0 amide bonds. The van der Waals surface area contributed by atoms with E-state index in [9.17, 15) is 33.4 Å². The lowest BCUT2D eigenvalue weighted by Gasteiger charge is -2.29. The first-order chi connectivity index (χ1) is 14.8. The summed E-state index contributed by atoms with van der Waals surface area (Å²) in [6, 6.07) is 2.43. The lowest BCUT2D eigenvalue weighted by atomic mass is 9.86. The van der Waals surface area contributed by atoms with Crippen molar-refractivity contribution in [2.24, 2.45) is 5.41 Å². The molecule has 10 nitrogen and oxygen atoms in total. The van der Waals surface area contributed by atoms with Crippen LogP contribution in [-0.4, -0.2) is 43.7 Å². The molecule has 0 N–H and O–H groups in total. The molecule has 1 aromatic carbocycles. The molecule has 0 aliphatic rings. The van der Waals surface area contributed by atoms with Crippen molar-refractivity contribution in [1.29, 1.82) is 0 Å². The number of rotatable bonds is 10. The molecule has 33 heavy (non-hydrogen) atoms. The predicted octanol–water partition coefficient (Wildman–Crippen LogP) is 4.84. The normalized spacial score (nSPS) is 15.1. The maximum Gasteiger partial charge on any atom is 0.294 e. The van der Waals surface area contributed by atoms with Crippen molar-refractivity contribution < 1.29 is 27.5 Å². The smallest absolute Gasteiger partial charge is 0.294 e. The number of sulfone groups is 1. The van der Waals surface area contributed by atoms with Crippen LogP contribution in [0.3, 0.4) is 0 Å². The summed E-state index contributed by atoms with van der Waals surface area (Å²) in [4.78, 5) is 32.6. The van der Waals surface area contributed by atoms with Crippen molar-refractivity contribution in [3.8, 4) is 0 Å². The van der Waals surface area contributed by atoms with Crippen LogP contribution in [0.1, 0.15) is 41.0 Å². The van der Waals surface area contributed by atoms with Gasteiger partial charge in [-0.3, -0.25) is 25.0 Å². The van der Waals surface area contributed by atoms with Crippen LogP contribution in [0.15, 0.2) is 34.7 Å². The number of non-ortho nitro benzene ring substituents is 1. The molecule has 0 aliphatic carbocycles. The fourth-order valence-electron chi connectivity index (χ4n) is 2.97. The molecular formula is C21H32N2O8SSi. The SMILES string of the molecule is C/C(=C/[C@@H](C)S(=O)(=O)c1ccc([N+](=O)[O-])cc1[N+](=O)[O-])[C@H](CC(=O)C(C)(C)C)O[Si](C)(C)C. The summed E-state index contributed by atoms with van der Waals surface area (Å²) in [5, 5.41) is 21.2. The standard InChI is InChI=1S/C21H32N2O8SSi/c1-14(18(31-33(6,7)8)13-20(24)21(3,4)5)11-15(2)32(29,30)19-10-9-16(22(25)26)12-17(19)23(27)28/h9-12,15,18H,13H2,1-8H3/b14-11-/t15-,18+/m1/s1. The summed E-state index contributed by atoms with van der Waals surface area (Å²) in [6.07, 6.45) is 0.856. The van der Waals surface area contributed by atoms with Gasteiger partial charge in [0.1, 0.15) is 10.7 Å². The second kappa shape index (κ2) is 10.2. The van der Waals surface area contributed by atoms with E-state index in [-0.39, 0.29) is 12.2 Å². The van der Waals surface area contributed by atoms with E-state index in [1.807, 2.05) is 19.6 Å². The van der Waals surface area contributed by atoms with Crippen LogP contribution in [-0.2, 0) is 19.1 Å². The van der Waals surface area contributed by atoms with Crippen LogP contribution < -0.4 is 0 Å². The second-order valence-electron chi connectivity index (χ2n) is 9.92. The summed E-state index contributed by atoms with van der Waals surface area (Å²) in [5.41, 5.74) is -1.52. The number of carbonyl (C=O) groups is 1. The first-order valence-electron chi connectivity index (χ1n) is 10.3. The average molecular weight is 501 g/mol. The van der Waals surface area contributed by atoms with Crippen LogP contribution >= 0.6 is 0 Å². The zero-order chi connectivity index (χ0) is 25.9. The topological polar surface area (TPSA) is 147 Å². The fourth-order valence-corrected chi connectivity index (χ4v) is 5.57. The van der Waals surface area contributed by atoms with Gasteiger partial charge in [0.05, 0.1) is 27.3 Å². The molecule has 0 saturated heterocycles. The van der Waals surface area contributed by atoms with Crippen molar-refractivity contribution in [3.05, 3.63) is 50.1 Å². The molecule has 1 rings (SSSR count). The Labute approximate surface area is 195 Å². The molecule has 0 unspecified atom stereocenters. The third-order valence-electron chi connectivity index (χ3n) is 4.85. The molecule has 2 atom stereocenters. The molecule has 12 heteroatoms. The number of nitro groups is 2. The molecule has 0 heterocycles. The number of benzene rings is 1. The monoisotopic (exact) mass is 500 g/mol. The van der Waals surface area contributed by atoms with Crippen molar-refractivity contribution in [1.82, 2.24) is 0 Å². The Kier molecular flexibility index (Phi) is 8.86. The Bertz CT molecular complexity index is 1070. The van der Waals surface area contributed by atoms with Crippen LogP contribution in [0.4, 0.5) is 11.4 Å². The quantitative estimate of drug-likeness (QED) is 0.192. The van der Waals surface area contributed by atoms with Gasteiger partial charge >= 0.3 is 0 Å². The number of nitrogens with zero attached hydrogens (tertiary/aromatic N) is 2. The Hall–Kier alpha value is -2.44. The van der Waals surface area contributed by atoms with E-state index in [2.05, 4.69) is 0 Å². The molecule has 0 fully saturated rings. The molecule has 1 aromatic rings. The van der Waals surface area contributed by atoms with Crippen molar-refractivity contribution in [2.75, 3.05) is 0 Å². The van der Waals surface area contributed by atoms with E-state index < -0.39 is 61.0 Å². The van der Waals surface area contributed by atoms with Crippen molar-refractivity contribution in [2.45, 2.75) is 76.9 Å². The predicted molar refractivity (Wildman–Crippen MR) is 127 cm³/mol. The summed E-state index contributed by atoms with van der Waals surface area (Å²) >= 11 is 0. The molecule has 0 radical (unpaired) electrons. The van der Waals surface area contributed by atoms with E-state index in [1.165, 1.54) is 13.0 Å². The van der Waals surface area contributed by atoms with Gasteiger partial charge in [-0.15, -0.1) is 0 Å². The average Bonchev–Trinajstić information content (AvgIpc) is 2.64. The third-order valence-corrected chi connectivity index (χ3v) is 7.92.